The topological polar surface area (TPSA) is 80.3 Å². The Bertz CT molecular complexity index is 1220. The third kappa shape index (κ3) is 7.44. The summed E-state index contributed by atoms with van der Waals surface area (Å²) in [5.74, 6) is 1.43. The summed E-state index contributed by atoms with van der Waals surface area (Å²) in [5, 5.41) is 8.29. The number of carbonyl (C=O) groups excluding carboxylic acids is 2. The molecule has 0 aliphatic heterocycles. The lowest BCUT2D eigenvalue weighted by Gasteiger charge is -2.17. The number of thioether (sulfide) groups is 1. The van der Waals surface area contributed by atoms with Crippen molar-refractivity contribution in [2.24, 2.45) is 0 Å². The van der Waals surface area contributed by atoms with Crippen molar-refractivity contribution < 1.29 is 14.3 Å². The Morgan fingerprint density at radius 1 is 0.889 bits per heavy atom. The molecular weight excluding hydrogens is 490 g/mol. The minimum atomic E-state index is -0.0832. The van der Waals surface area contributed by atoms with E-state index in [4.69, 9.17) is 4.74 Å². The van der Waals surface area contributed by atoms with Crippen LogP contribution in [-0.2, 0) is 15.3 Å². The summed E-state index contributed by atoms with van der Waals surface area (Å²) >= 11 is 2.87. The first-order chi connectivity index (χ1) is 17.6. The van der Waals surface area contributed by atoms with Gasteiger partial charge >= 0.3 is 0 Å². The van der Waals surface area contributed by atoms with E-state index in [1.54, 1.807) is 31.4 Å². The summed E-state index contributed by atoms with van der Waals surface area (Å²) < 4.78 is 5.12. The number of nitrogens with zero attached hydrogens (tertiary/aromatic N) is 1. The molecule has 0 bridgehead atoms. The van der Waals surface area contributed by atoms with Crippen LogP contribution in [0.4, 0.5) is 10.8 Å². The van der Waals surface area contributed by atoms with E-state index in [1.807, 2.05) is 41.8 Å². The van der Waals surface area contributed by atoms with E-state index >= 15 is 0 Å². The summed E-state index contributed by atoms with van der Waals surface area (Å²) in [6, 6.07) is 27.3. The second-order valence-electron chi connectivity index (χ2n) is 8.04. The number of anilines is 2. The van der Waals surface area contributed by atoms with Gasteiger partial charge in [0.25, 0.3) is 0 Å². The van der Waals surface area contributed by atoms with Crippen molar-refractivity contribution in [1.29, 1.82) is 0 Å². The zero-order valence-electron chi connectivity index (χ0n) is 19.8. The predicted octanol–water partition coefficient (Wildman–Crippen LogP) is 6.18. The molecule has 1 heterocycles. The number of amides is 2. The van der Waals surface area contributed by atoms with E-state index in [2.05, 4.69) is 39.9 Å². The van der Waals surface area contributed by atoms with Crippen LogP contribution in [0.3, 0.4) is 0 Å². The monoisotopic (exact) mass is 517 g/mol. The molecule has 6 nitrogen and oxygen atoms in total. The lowest BCUT2D eigenvalue weighted by Crippen LogP contribution is -2.16. The highest BCUT2D eigenvalue weighted by Crippen LogP contribution is 2.29. The molecule has 0 saturated carbocycles. The molecule has 0 fully saturated rings. The van der Waals surface area contributed by atoms with Gasteiger partial charge in [-0.1, -0.05) is 60.7 Å². The van der Waals surface area contributed by atoms with Crippen LogP contribution in [0.25, 0.3) is 0 Å². The number of rotatable bonds is 11. The van der Waals surface area contributed by atoms with Gasteiger partial charge in [0.2, 0.25) is 11.8 Å². The number of hydrogen-bond donors (Lipinski definition) is 2. The van der Waals surface area contributed by atoms with Crippen LogP contribution in [0, 0.1) is 0 Å². The first-order valence-corrected chi connectivity index (χ1v) is 13.5. The number of thiazole rings is 1. The highest BCUT2D eigenvalue weighted by molar-refractivity contribution is 7.99. The maximum absolute atomic E-state index is 12.9. The molecule has 8 heteroatoms. The molecule has 2 N–H and O–H groups in total. The Balaban J connectivity index is 1.27. The fourth-order valence-corrected chi connectivity index (χ4v) is 5.25. The highest BCUT2D eigenvalue weighted by Gasteiger charge is 2.19. The van der Waals surface area contributed by atoms with E-state index in [0.717, 1.165) is 28.3 Å². The third-order valence-electron chi connectivity index (χ3n) is 5.45. The fraction of sp³-hybridized carbons (Fsp3) is 0.179. The van der Waals surface area contributed by atoms with Gasteiger partial charge in [-0.25, -0.2) is 4.98 Å². The average Bonchev–Trinajstić information content (AvgIpc) is 3.35. The van der Waals surface area contributed by atoms with Crippen molar-refractivity contribution in [1.82, 2.24) is 4.98 Å². The second kappa shape index (κ2) is 12.9. The lowest BCUT2D eigenvalue weighted by molar-refractivity contribution is -0.116. The van der Waals surface area contributed by atoms with Gasteiger partial charge in [-0.3, -0.25) is 9.59 Å². The number of aromatic nitrogens is 1. The number of hydrogen-bond acceptors (Lipinski definition) is 6. The molecular formula is C28H27N3O3S2. The Labute approximate surface area is 219 Å². The number of nitrogens with one attached hydrogen (secondary N) is 2. The third-order valence-corrected chi connectivity index (χ3v) is 7.22. The standard InChI is InChI=1S/C28H27N3O3S2/c1-34-24-14-12-22(13-15-24)29-27(33)19-35-17-23-18-36-28(30-23)31-26(32)16-25(20-8-4-2-5-9-20)21-10-6-3-7-11-21/h2-15,18,25H,16-17,19H2,1H3,(H,29,33)(H,30,31,32). The second-order valence-corrected chi connectivity index (χ2v) is 9.88. The molecule has 0 atom stereocenters. The molecule has 4 aromatic rings. The van der Waals surface area contributed by atoms with E-state index in [1.165, 1.54) is 23.1 Å². The number of benzene rings is 3. The molecule has 0 spiro atoms. The van der Waals surface area contributed by atoms with Crippen molar-refractivity contribution in [2.45, 2.75) is 18.1 Å². The van der Waals surface area contributed by atoms with E-state index in [0.29, 0.717) is 23.1 Å². The SMILES string of the molecule is COc1ccc(NC(=O)CSCc2csc(NC(=O)CC(c3ccccc3)c3ccccc3)n2)cc1. The molecule has 0 aliphatic rings. The Hall–Kier alpha value is -3.62. The van der Waals surface area contributed by atoms with Crippen molar-refractivity contribution in [3.63, 3.8) is 0 Å². The first-order valence-electron chi connectivity index (χ1n) is 11.5. The van der Waals surface area contributed by atoms with Crippen LogP contribution in [0.15, 0.2) is 90.3 Å². The van der Waals surface area contributed by atoms with Gasteiger partial charge < -0.3 is 15.4 Å². The summed E-state index contributed by atoms with van der Waals surface area (Å²) in [4.78, 5) is 29.6. The highest BCUT2D eigenvalue weighted by atomic mass is 32.2. The zero-order valence-corrected chi connectivity index (χ0v) is 21.5. The van der Waals surface area contributed by atoms with E-state index in [-0.39, 0.29) is 17.7 Å². The Morgan fingerprint density at radius 2 is 1.53 bits per heavy atom. The summed E-state index contributed by atoms with van der Waals surface area (Å²) in [6.07, 6.45) is 0.323. The van der Waals surface area contributed by atoms with Gasteiger partial charge in [-0.05, 0) is 35.4 Å². The molecule has 1 aromatic heterocycles. The van der Waals surface area contributed by atoms with Gasteiger partial charge in [-0.15, -0.1) is 23.1 Å². The van der Waals surface area contributed by atoms with Crippen molar-refractivity contribution >= 4 is 45.7 Å². The predicted molar refractivity (Wildman–Crippen MR) is 148 cm³/mol. The number of methoxy groups -OCH3 is 1. The van der Waals surface area contributed by atoms with Crippen LogP contribution in [0.5, 0.6) is 5.75 Å². The van der Waals surface area contributed by atoms with Crippen LogP contribution < -0.4 is 15.4 Å². The van der Waals surface area contributed by atoms with Gasteiger partial charge in [-0.2, -0.15) is 0 Å². The van der Waals surface area contributed by atoms with Gasteiger partial charge in [0, 0.05) is 29.2 Å². The number of carbonyl (C=O) groups is 2. The summed E-state index contributed by atoms with van der Waals surface area (Å²) in [6.45, 7) is 0. The lowest BCUT2D eigenvalue weighted by atomic mass is 9.88. The average molecular weight is 518 g/mol. The van der Waals surface area contributed by atoms with Gasteiger partial charge in [0.05, 0.1) is 18.6 Å². The first kappa shape index (κ1) is 25.5. The maximum atomic E-state index is 12.9. The molecule has 4 rings (SSSR count). The maximum Gasteiger partial charge on any atom is 0.234 e. The quantitative estimate of drug-likeness (QED) is 0.248. The Morgan fingerprint density at radius 3 is 2.14 bits per heavy atom. The minimum Gasteiger partial charge on any atom is -0.497 e. The summed E-state index contributed by atoms with van der Waals surface area (Å²) in [7, 11) is 1.60. The Kier molecular flexibility index (Phi) is 9.13. The van der Waals surface area contributed by atoms with Gasteiger partial charge in [0.15, 0.2) is 5.13 Å². The molecule has 0 aliphatic carbocycles. The summed E-state index contributed by atoms with van der Waals surface area (Å²) in [5.41, 5.74) is 3.76. The molecule has 0 unspecified atom stereocenters. The van der Waals surface area contributed by atoms with Crippen LogP contribution >= 0.6 is 23.1 Å². The van der Waals surface area contributed by atoms with Crippen LogP contribution in [-0.4, -0.2) is 29.7 Å². The molecule has 2 amide bonds. The smallest absolute Gasteiger partial charge is 0.234 e. The fourth-order valence-electron chi connectivity index (χ4n) is 3.70. The molecule has 184 valence electrons. The van der Waals surface area contributed by atoms with Crippen molar-refractivity contribution in [2.75, 3.05) is 23.5 Å². The van der Waals surface area contributed by atoms with E-state index in [9.17, 15) is 9.59 Å². The molecule has 0 radical (unpaired) electrons. The molecule has 3 aromatic carbocycles. The normalized spacial score (nSPS) is 10.7. The van der Waals surface area contributed by atoms with Crippen LogP contribution in [0.1, 0.15) is 29.2 Å². The zero-order chi connectivity index (χ0) is 25.2. The molecule has 0 saturated heterocycles. The molecule has 36 heavy (non-hydrogen) atoms. The largest absolute Gasteiger partial charge is 0.497 e. The van der Waals surface area contributed by atoms with Gasteiger partial charge in [0.1, 0.15) is 5.75 Å². The van der Waals surface area contributed by atoms with Crippen LogP contribution in [0.2, 0.25) is 0 Å². The van der Waals surface area contributed by atoms with Crippen molar-refractivity contribution in [3.05, 3.63) is 107 Å². The van der Waals surface area contributed by atoms with Crippen molar-refractivity contribution in [3.8, 4) is 5.75 Å². The number of ether oxygens (including phenoxy) is 1. The van der Waals surface area contributed by atoms with E-state index < -0.39 is 0 Å². The minimum absolute atomic E-state index is 0.0356.